The highest BCUT2D eigenvalue weighted by molar-refractivity contribution is 9.10. The second kappa shape index (κ2) is 7.06. The number of rotatable bonds is 5. The lowest BCUT2D eigenvalue weighted by atomic mass is 9.87. The van der Waals surface area contributed by atoms with Crippen LogP contribution in [0.3, 0.4) is 0 Å². The Labute approximate surface area is 147 Å². The van der Waals surface area contributed by atoms with E-state index in [1.54, 1.807) is 0 Å². The molecule has 2 aromatic carbocycles. The predicted octanol–water partition coefficient (Wildman–Crippen LogP) is 6.11. The fourth-order valence-corrected chi connectivity index (χ4v) is 3.36. The first-order chi connectivity index (χ1) is 10.7. The topological polar surface area (TPSA) is 29.5 Å². The molecule has 2 rings (SSSR count). The Bertz CT molecular complexity index is 670. The van der Waals surface area contributed by atoms with Gasteiger partial charge in [0.1, 0.15) is 11.5 Å². The molecule has 0 saturated heterocycles. The van der Waals surface area contributed by atoms with Gasteiger partial charge in [-0.25, -0.2) is 0 Å². The molecule has 3 heteroatoms. The molecular formula is C20H25BrO2. The van der Waals surface area contributed by atoms with Crippen LogP contribution < -0.4 is 4.74 Å². The lowest BCUT2D eigenvalue weighted by Crippen LogP contribution is -2.23. The van der Waals surface area contributed by atoms with Gasteiger partial charge in [0.05, 0.1) is 10.1 Å². The average Bonchev–Trinajstić information content (AvgIpc) is 2.43. The summed E-state index contributed by atoms with van der Waals surface area (Å²) in [5, 5.41) is 10.7. The van der Waals surface area contributed by atoms with E-state index in [0.29, 0.717) is 5.92 Å². The lowest BCUT2D eigenvalue weighted by molar-refractivity contribution is 0.0348. The highest BCUT2D eigenvalue weighted by Gasteiger charge is 2.25. The third-order valence-electron chi connectivity index (χ3n) is 3.98. The fraction of sp³-hybridized carbons (Fsp3) is 0.400. The molecule has 2 aromatic rings. The van der Waals surface area contributed by atoms with Crippen LogP contribution in [0.5, 0.6) is 11.5 Å². The van der Waals surface area contributed by atoms with Gasteiger partial charge in [-0.2, -0.15) is 0 Å². The first-order valence-electron chi connectivity index (χ1n) is 7.97. The summed E-state index contributed by atoms with van der Waals surface area (Å²) >= 11 is 3.58. The van der Waals surface area contributed by atoms with E-state index in [1.807, 2.05) is 57.2 Å². The van der Waals surface area contributed by atoms with Gasteiger partial charge < -0.3 is 9.84 Å². The van der Waals surface area contributed by atoms with E-state index in [-0.39, 0.29) is 0 Å². The van der Waals surface area contributed by atoms with Gasteiger partial charge in [-0.1, -0.05) is 38.1 Å². The van der Waals surface area contributed by atoms with Gasteiger partial charge in [0.15, 0.2) is 0 Å². The van der Waals surface area contributed by atoms with E-state index in [2.05, 4.69) is 29.8 Å². The standard InChI is InChI=1S/C20H25BrO2/c1-13(2)12-20(5,22)16-9-10-18(17(21)11-16)23-19-14(3)7-6-8-15(19)4/h6-11,13,22H,12H2,1-5H3. The first kappa shape index (κ1) is 18.0. The normalized spacial score (nSPS) is 13.9. The third-order valence-corrected chi connectivity index (χ3v) is 4.60. The van der Waals surface area contributed by atoms with Gasteiger partial charge in [-0.15, -0.1) is 0 Å². The molecule has 0 spiro atoms. The minimum absolute atomic E-state index is 0.425. The number of aryl methyl sites for hydroxylation is 2. The van der Waals surface area contributed by atoms with Crippen molar-refractivity contribution in [2.45, 2.75) is 46.6 Å². The van der Waals surface area contributed by atoms with Crippen LogP contribution in [0.2, 0.25) is 0 Å². The Balaban J connectivity index is 2.30. The van der Waals surface area contributed by atoms with Crippen LogP contribution in [-0.2, 0) is 5.60 Å². The Morgan fingerprint density at radius 1 is 1.13 bits per heavy atom. The van der Waals surface area contributed by atoms with Crippen LogP contribution in [0, 0.1) is 19.8 Å². The average molecular weight is 377 g/mol. The molecule has 0 aliphatic heterocycles. The van der Waals surface area contributed by atoms with Crippen molar-refractivity contribution >= 4 is 15.9 Å². The van der Waals surface area contributed by atoms with Gasteiger partial charge in [0.2, 0.25) is 0 Å². The lowest BCUT2D eigenvalue weighted by Gasteiger charge is -2.26. The van der Waals surface area contributed by atoms with Crippen molar-refractivity contribution in [2.24, 2.45) is 5.92 Å². The van der Waals surface area contributed by atoms with Gasteiger partial charge >= 0.3 is 0 Å². The second-order valence-electron chi connectivity index (χ2n) is 6.84. The Morgan fingerprint density at radius 2 is 1.74 bits per heavy atom. The van der Waals surface area contributed by atoms with E-state index < -0.39 is 5.60 Å². The second-order valence-corrected chi connectivity index (χ2v) is 7.69. The molecule has 1 unspecified atom stereocenters. The predicted molar refractivity (Wildman–Crippen MR) is 99.2 cm³/mol. The van der Waals surface area contributed by atoms with Gasteiger partial charge in [0, 0.05) is 0 Å². The van der Waals surface area contributed by atoms with Gasteiger partial charge in [-0.05, 0) is 77.9 Å². The number of hydrogen-bond donors (Lipinski definition) is 1. The zero-order chi connectivity index (χ0) is 17.2. The number of ether oxygens (including phenoxy) is 1. The van der Waals surface area contributed by atoms with Crippen molar-refractivity contribution in [3.8, 4) is 11.5 Å². The number of para-hydroxylation sites is 1. The van der Waals surface area contributed by atoms with Crippen molar-refractivity contribution in [1.82, 2.24) is 0 Å². The molecule has 0 heterocycles. The monoisotopic (exact) mass is 376 g/mol. The fourth-order valence-electron chi connectivity index (χ4n) is 2.90. The summed E-state index contributed by atoms with van der Waals surface area (Å²) in [6.07, 6.45) is 0.719. The zero-order valence-corrected chi connectivity index (χ0v) is 16.1. The number of benzene rings is 2. The van der Waals surface area contributed by atoms with E-state index in [0.717, 1.165) is 39.1 Å². The summed E-state index contributed by atoms with van der Waals surface area (Å²) in [7, 11) is 0. The van der Waals surface area contributed by atoms with E-state index in [1.165, 1.54) is 0 Å². The quantitative estimate of drug-likeness (QED) is 0.681. The molecule has 0 saturated carbocycles. The van der Waals surface area contributed by atoms with Crippen molar-refractivity contribution < 1.29 is 9.84 Å². The summed E-state index contributed by atoms with van der Waals surface area (Å²) in [5.41, 5.74) is 2.26. The highest BCUT2D eigenvalue weighted by Crippen LogP contribution is 2.37. The molecule has 0 bridgehead atoms. The molecule has 0 aromatic heterocycles. The van der Waals surface area contributed by atoms with Crippen LogP contribution in [0.25, 0.3) is 0 Å². The summed E-state index contributed by atoms with van der Waals surface area (Å²) in [4.78, 5) is 0. The molecule has 0 amide bonds. The molecule has 124 valence electrons. The largest absolute Gasteiger partial charge is 0.456 e. The van der Waals surface area contributed by atoms with Gasteiger partial charge in [-0.3, -0.25) is 0 Å². The summed E-state index contributed by atoms with van der Waals surface area (Å²) < 4.78 is 6.94. The smallest absolute Gasteiger partial charge is 0.141 e. The Kier molecular flexibility index (Phi) is 5.53. The van der Waals surface area contributed by atoms with Crippen molar-refractivity contribution in [1.29, 1.82) is 0 Å². The SMILES string of the molecule is Cc1cccc(C)c1Oc1ccc(C(C)(O)CC(C)C)cc1Br. The highest BCUT2D eigenvalue weighted by atomic mass is 79.9. The van der Waals surface area contributed by atoms with Crippen molar-refractivity contribution in [3.63, 3.8) is 0 Å². The molecule has 0 radical (unpaired) electrons. The van der Waals surface area contributed by atoms with Crippen molar-refractivity contribution in [2.75, 3.05) is 0 Å². The molecule has 0 fully saturated rings. The summed E-state index contributed by atoms with van der Waals surface area (Å²) in [5.74, 6) is 2.07. The van der Waals surface area contributed by atoms with Crippen LogP contribution in [-0.4, -0.2) is 5.11 Å². The van der Waals surface area contributed by atoms with E-state index in [9.17, 15) is 5.11 Å². The summed E-state index contributed by atoms with van der Waals surface area (Å²) in [6.45, 7) is 10.2. The first-order valence-corrected chi connectivity index (χ1v) is 8.76. The maximum atomic E-state index is 10.7. The molecule has 23 heavy (non-hydrogen) atoms. The van der Waals surface area contributed by atoms with Crippen LogP contribution in [0.4, 0.5) is 0 Å². The maximum Gasteiger partial charge on any atom is 0.141 e. The van der Waals surface area contributed by atoms with E-state index >= 15 is 0 Å². The van der Waals surface area contributed by atoms with Crippen molar-refractivity contribution in [3.05, 3.63) is 57.6 Å². The molecule has 1 N–H and O–H groups in total. The molecule has 0 aliphatic rings. The molecule has 2 nitrogen and oxygen atoms in total. The number of halogens is 1. The van der Waals surface area contributed by atoms with Crippen LogP contribution in [0.15, 0.2) is 40.9 Å². The number of aliphatic hydroxyl groups is 1. The Hall–Kier alpha value is -1.32. The number of hydrogen-bond acceptors (Lipinski definition) is 2. The Morgan fingerprint density at radius 3 is 2.26 bits per heavy atom. The van der Waals surface area contributed by atoms with E-state index in [4.69, 9.17) is 4.74 Å². The maximum absolute atomic E-state index is 10.7. The molecule has 1 atom stereocenters. The zero-order valence-electron chi connectivity index (χ0n) is 14.5. The molecular weight excluding hydrogens is 352 g/mol. The van der Waals surface area contributed by atoms with Crippen LogP contribution in [0.1, 0.15) is 43.9 Å². The van der Waals surface area contributed by atoms with Crippen LogP contribution >= 0.6 is 15.9 Å². The minimum atomic E-state index is -0.839. The minimum Gasteiger partial charge on any atom is -0.456 e. The third kappa shape index (κ3) is 4.36. The van der Waals surface area contributed by atoms with Gasteiger partial charge in [0.25, 0.3) is 0 Å². The summed E-state index contributed by atoms with van der Waals surface area (Å²) in [6, 6.07) is 11.9. The molecule has 0 aliphatic carbocycles.